The number of aromatic nitrogens is 2. The maximum Gasteiger partial charge on any atom is 0.319 e. The Bertz CT molecular complexity index is 565. The average Bonchev–Trinajstić information content (AvgIpc) is 2.85. The van der Waals surface area contributed by atoms with Crippen LogP contribution in [-0.4, -0.2) is 35.3 Å². The maximum atomic E-state index is 11.7. The molecule has 0 spiro atoms. The number of H-pyrrole nitrogens is 1. The molecule has 108 valence electrons. The van der Waals surface area contributed by atoms with Gasteiger partial charge in [0.05, 0.1) is 23.5 Å². The van der Waals surface area contributed by atoms with E-state index in [2.05, 4.69) is 20.6 Å². The van der Waals surface area contributed by atoms with Gasteiger partial charge in [0.1, 0.15) is 0 Å². The second kappa shape index (κ2) is 6.91. The molecule has 0 unspecified atom stereocenters. The van der Waals surface area contributed by atoms with Gasteiger partial charge < -0.3 is 20.4 Å². The number of anilines is 1. The fraction of sp³-hybridized carbons (Fsp3) is 0.429. The van der Waals surface area contributed by atoms with E-state index >= 15 is 0 Å². The van der Waals surface area contributed by atoms with Gasteiger partial charge in [0.15, 0.2) is 0 Å². The van der Waals surface area contributed by atoms with Gasteiger partial charge in [-0.2, -0.15) is 0 Å². The van der Waals surface area contributed by atoms with Crippen molar-refractivity contribution in [2.45, 2.75) is 26.4 Å². The lowest BCUT2D eigenvalue weighted by molar-refractivity contribution is 0.0775. The van der Waals surface area contributed by atoms with Gasteiger partial charge in [-0.15, -0.1) is 0 Å². The molecule has 1 heterocycles. The van der Waals surface area contributed by atoms with E-state index in [1.54, 1.807) is 6.33 Å². The monoisotopic (exact) mass is 276 g/mol. The molecule has 0 saturated carbocycles. The number of nitrogens with one attached hydrogen (secondary N) is 3. The molecule has 2 aromatic rings. The highest BCUT2D eigenvalue weighted by Gasteiger charge is 2.03. The smallest absolute Gasteiger partial charge is 0.319 e. The van der Waals surface area contributed by atoms with Crippen LogP contribution < -0.4 is 10.6 Å². The number of hydrogen-bond donors (Lipinski definition) is 3. The number of ether oxygens (including phenoxy) is 1. The van der Waals surface area contributed by atoms with Crippen LogP contribution in [0.15, 0.2) is 24.5 Å². The number of carbonyl (C=O) groups is 1. The highest BCUT2D eigenvalue weighted by atomic mass is 16.5. The van der Waals surface area contributed by atoms with E-state index in [4.69, 9.17) is 4.74 Å². The molecule has 0 aliphatic heterocycles. The van der Waals surface area contributed by atoms with Crippen LogP contribution in [0.25, 0.3) is 11.0 Å². The van der Waals surface area contributed by atoms with E-state index in [1.807, 2.05) is 32.0 Å². The zero-order valence-corrected chi connectivity index (χ0v) is 11.8. The number of aromatic amines is 1. The Kier molecular flexibility index (Phi) is 4.95. The quantitative estimate of drug-likeness (QED) is 0.709. The van der Waals surface area contributed by atoms with Gasteiger partial charge in [0, 0.05) is 18.8 Å². The molecule has 1 aromatic heterocycles. The Morgan fingerprint density at radius 3 is 3.10 bits per heavy atom. The van der Waals surface area contributed by atoms with Crippen molar-refractivity contribution in [3.63, 3.8) is 0 Å². The summed E-state index contributed by atoms with van der Waals surface area (Å²) in [5.74, 6) is 0. The molecule has 0 radical (unpaired) electrons. The molecule has 6 heteroatoms. The van der Waals surface area contributed by atoms with Crippen molar-refractivity contribution >= 4 is 22.8 Å². The van der Waals surface area contributed by atoms with Crippen molar-refractivity contribution in [1.82, 2.24) is 15.3 Å². The Morgan fingerprint density at radius 1 is 1.45 bits per heavy atom. The highest BCUT2D eigenvalue weighted by Crippen LogP contribution is 2.15. The Morgan fingerprint density at radius 2 is 2.30 bits per heavy atom. The molecule has 2 rings (SSSR count). The number of carbonyl (C=O) groups excluding carboxylic acids is 1. The lowest BCUT2D eigenvalue weighted by atomic mass is 10.3. The number of nitrogens with zero attached hydrogens (tertiary/aromatic N) is 1. The molecule has 0 bridgehead atoms. The Balaban J connectivity index is 1.73. The molecular formula is C14H20N4O2. The molecular weight excluding hydrogens is 256 g/mol. The molecule has 0 saturated heterocycles. The van der Waals surface area contributed by atoms with E-state index in [0.717, 1.165) is 23.1 Å². The normalized spacial score (nSPS) is 10.9. The maximum absolute atomic E-state index is 11.7. The molecule has 6 nitrogen and oxygen atoms in total. The van der Waals surface area contributed by atoms with Crippen molar-refractivity contribution in [2.24, 2.45) is 0 Å². The van der Waals surface area contributed by atoms with Crippen molar-refractivity contribution in [3.8, 4) is 0 Å². The number of fused-ring (bicyclic) bond motifs is 1. The largest absolute Gasteiger partial charge is 0.379 e. The molecule has 20 heavy (non-hydrogen) atoms. The minimum Gasteiger partial charge on any atom is -0.379 e. The van der Waals surface area contributed by atoms with Crippen molar-refractivity contribution in [2.75, 3.05) is 18.5 Å². The van der Waals surface area contributed by atoms with E-state index in [1.165, 1.54) is 0 Å². The van der Waals surface area contributed by atoms with Crippen LogP contribution in [0.3, 0.4) is 0 Å². The molecule has 0 fully saturated rings. The van der Waals surface area contributed by atoms with Crippen LogP contribution in [0.1, 0.15) is 20.3 Å². The van der Waals surface area contributed by atoms with Crippen LogP contribution >= 0.6 is 0 Å². The summed E-state index contributed by atoms with van der Waals surface area (Å²) in [5.41, 5.74) is 2.51. The van der Waals surface area contributed by atoms with E-state index in [0.29, 0.717) is 13.2 Å². The van der Waals surface area contributed by atoms with E-state index < -0.39 is 0 Å². The zero-order valence-electron chi connectivity index (χ0n) is 11.8. The summed E-state index contributed by atoms with van der Waals surface area (Å²) in [6, 6.07) is 5.32. The summed E-state index contributed by atoms with van der Waals surface area (Å²) in [7, 11) is 0. The summed E-state index contributed by atoms with van der Waals surface area (Å²) in [6.45, 7) is 5.22. The number of benzene rings is 1. The summed E-state index contributed by atoms with van der Waals surface area (Å²) in [6.07, 6.45) is 2.65. The van der Waals surface area contributed by atoms with Crippen LogP contribution in [0.2, 0.25) is 0 Å². The third kappa shape index (κ3) is 4.24. The molecule has 0 aliphatic rings. The van der Waals surface area contributed by atoms with Gasteiger partial charge in [-0.25, -0.2) is 9.78 Å². The molecule has 3 N–H and O–H groups in total. The number of hydrogen-bond acceptors (Lipinski definition) is 3. The van der Waals surface area contributed by atoms with Gasteiger partial charge in [-0.05, 0) is 38.5 Å². The lowest BCUT2D eigenvalue weighted by Crippen LogP contribution is -2.30. The van der Waals surface area contributed by atoms with Crippen molar-refractivity contribution < 1.29 is 9.53 Å². The second-order valence-electron chi connectivity index (χ2n) is 4.79. The van der Waals surface area contributed by atoms with Crippen LogP contribution in [0.4, 0.5) is 10.5 Å². The van der Waals surface area contributed by atoms with Crippen LogP contribution in [0.5, 0.6) is 0 Å². The fourth-order valence-electron chi connectivity index (χ4n) is 1.78. The van der Waals surface area contributed by atoms with Crippen molar-refractivity contribution in [3.05, 3.63) is 24.5 Å². The van der Waals surface area contributed by atoms with Crippen LogP contribution in [0, 0.1) is 0 Å². The number of rotatable bonds is 6. The fourth-order valence-corrected chi connectivity index (χ4v) is 1.78. The van der Waals surface area contributed by atoms with Gasteiger partial charge in [-0.3, -0.25) is 0 Å². The van der Waals surface area contributed by atoms with Crippen LogP contribution in [-0.2, 0) is 4.74 Å². The third-order valence-corrected chi connectivity index (χ3v) is 2.74. The topological polar surface area (TPSA) is 79.0 Å². The highest BCUT2D eigenvalue weighted by molar-refractivity contribution is 5.91. The van der Waals surface area contributed by atoms with Gasteiger partial charge in [0.25, 0.3) is 0 Å². The predicted octanol–water partition coefficient (Wildman–Crippen LogP) is 2.50. The third-order valence-electron chi connectivity index (χ3n) is 2.74. The van der Waals surface area contributed by atoms with E-state index in [9.17, 15) is 4.79 Å². The zero-order chi connectivity index (χ0) is 14.4. The SMILES string of the molecule is CC(C)OCCCNC(=O)Nc1ccc2nc[nH]c2c1. The first-order valence-electron chi connectivity index (χ1n) is 6.75. The lowest BCUT2D eigenvalue weighted by Gasteiger charge is -2.09. The molecule has 2 amide bonds. The first kappa shape index (κ1) is 14.3. The first-order chi connectivity index (χ1) is 9.65. The number of urea groups is 1. The van der Waals surface area contributed by atoms with Gasteiger partial charge in [-0.1, -0.05) is 0 Å². The van der Waals surface area contributed by atoms with Gasteiger partial charge in [0.2, 0.25) is 0 Å². The van der Waals surface area contributed by atoms with Gasteiger partial charge >= 0.3 is 6.03 Å². The minimum absolute atomic E-state index is 0.214. The number of imidazole rings is 1. The number of amides is 2. The molecule has 0 aliphatic carbocycles. The predicted molar refractivity (Wildman–Crippen MR) is 78.8 cm³/mol. The summed E-state index contributed by atoms with van der Waals surface area (Å²) < 4.78 is 5.40. The Labute approximate surface area is 117 Å². The minimum atomic E-state index is -0.214. The molecule has 1 aromatic carbocycles. The average molecular weight is 276 g/mol. The first-order valence-corrected chi connectivity index (χ1v) is 6.75. The standard InChI is InChI=1S/C14H20N4O2/c1-10(2)20-7-3-6-15-14(19)18-11-4-5-12-13(8-11)17-9-16-12/h4-5,8-10H,3,6-7H2,1-2H3,(H,16,17)(H2,15,18,19). The second-order valence-corrected chi connectivity index (χ2v) is 4.79. The van der Waals surface area contributed by atoms with E-state index in [-0.39, 0.29) is 12.1 Å². The summed E-state index contributed by atoms with van der Waals surface area (Å²) in [5, 5.41) is 5.58. The Hall–Kier alpha value is -2.08. The molecule has 0 atom stereocenters. The summed E-state index contributed by atoms with van der Waals surface area (Å²) >= 11 is 0. The summed E-state index contributed by atoms with van der Waals surface area (Å²) in [4.78, 5) is 18.8. The van der Waals surface area contributed by atoms with Crippen molar-refractivity contribution in [1.29, 1.82) is 0 Å².